The van der Waals surface area contributed by atoms with Crippen LogP contribution in [-0.4, -0.2) is 49.2 Å². The van der Waals surface area contributed by atoms with Gasteiger partial charge in [-0.2, -0.15) is 0 Å². The molecule has 244 valence electrons. The summed E-state index contributed by atoms with van der Waals surface area (Å²) in [6, 6.07) is 4.36. The normalized spacial score (nSPS) is 27.6. The molecule has 1 aromatic carbocycles. The van der Waals surface area contributed by atoms with Crippen LogP contribution in [0.3, 0.4) is 0 Å². The number of amides is 2. The van der Waals surface area contributed by atoms with Crippen LogP contribution in [0.1, 0.15) is 112 Å². The first-order valence-electron chi connectivity index (χ1n) is 16.5. The number of benzene rings is 1. The Labute approximate surface area is 264 Å². The Hall–Kier alpha value is -3.05. The maximum absolute atomic E-state index is 14.5. The summed E-state index contributed by atoms with van der Waals surface area (Å²) < 4.78 is 53.1. The van der Waals surface area contributed by atoms with Crippen molar-refractivity contribution in [3.63, 3.8) is 0 Å². The van der Waals surface area contributed by atoms with Crippen molar-refractivity contribution in [2.24, 2.45) is 11.3 Å². The number of nitrogens with one attached hydrogen (secondary N) is 2. The van der Waals surface area contributed by atoms with Crippen molar-refractivity contribution in [3.05, 3.63) is 59.1 Å². The van der Waals surface area contributed by atoms with Crippen molar-refractivity contribution in [2.45, 2.75) is 114 Å². The third-order valence-electron chi connectivity index (χ3n) is 10.6. The molecule has 1 aromatic heterocycles. The van der Waals surface area contributed by atoms with E-state index in [1.807, 2.05) is 4.72 Å². The molecule has 4 fully saturated rings. The second-order valence-electron chi connectivity index (χ2n) is 13.7. The third kappa shape index (κ3) is 6.22. The fourth-order valence-electron chi connectivity index (χ4n) is 8.05. The first kappa shape index (κ1) is 31.9. The first-order valence-corrected chi connectivity index (χ1v) is 18.0. The van der Waals surface area contributed by atoms with Crippen molar-refractivity contribution < 1.29 is 31.6 Å². The second-order valence-corrected chi connectivity index (χ2v) is 15.9. The summed E-state index contributed by atoms with van der Waals surface area (Å²) in [5.74, 6) is -0.0961. The molecule has 0 spiro atoms. The predicted octanol–water partition coefficient (Wildman–Crippen LogP) is 5.59. The highest BCUT2D eigenvalue weighted by molar-refractivity contribution is 7.90. The van der Waals surface area contributed by atoms with E-state index in [0.717, 1.165) is 44.1 Å². The molecular formula is C34H44FN3O6S. The molecule has 2 bridgehead atoms. The number of fused-ring (bicyclic) bond motifs is 5. The van der Waals surface area contributed by atoms with Crippen molar-refractivity contribution in [3.8, 4) is 0 Å². The average Bonchev–Trinajstić information content (AvgIpc) is 3.38. The van der Waals surface area contributed by atoms with Crippen LogP contribution in [0.4, 0.5) is 4.39 Å². The molecule has 0 radical (unpaired) electrons. The molecule has 2 saturated heterocycles. The number of rotatable bonds is 13. The summed E-state index contributed by atoms with van der Waals surface area (Å²) in [4.78, 5) is 30.0. The third-order valence-corrected chi connectivity index (χ3v) is 12.3. The molecule has 11 heteroatoms. The minimum atomic E-state index is -3.78. The molecule has 9 nitrogen and oxygen atoms in total. The number of oxazole rings is 1. The molecule has 45 heavy (non-hydrogen) atoms. The predicted molar refractivity (Wildman–Crippen MR) is 167 cm³/mol. The van der Waals surface area contributed by atoms with Crippen LogP contribution in [0.25, 0.3) is 6.08 Å². The SMILES string of the molecule is CC(C)S(=O)(=O)NC(=O)C=Cc1ccc(F)cc1CC12CC1(c1nc(C(=O)NCCCCC3CCCCC3)co1)C1CCC2O1. The van der Waals surface area contributed by atoms with Gasteiger partial charge in [0.2, 0.25) is 15.9 Å². The molecule has 2 aromatic rings. The van der Waals surface area contributed by atoms with Gasteiger partial charge in [0.25, 0.3) is 11.8 Å². The minimum absolute atomic E-state index is 0.0598. The van der Waals surface area contributed by atoms with Crippen molar-refractivity contribution in [2.75, 3.05) is 6.54 Å². The second kappa shape index (κ2) is 12.6. The van der Waals surface area contributed by atoms with Gasteiger partial charge < -0.3 is 14.5 Å². The molecule has 4 aliphatic rings. The Balaban J connectivity index is 1.13. The number of ether oxygens (including phenoxy) is 1. The van der Waals surface area contributed by atoms with Crippen LogP contribution in [-0.2, 0) is 31.4 Å². The van der Waals surface area contributed by atoms with Gasteiger partial charge in [-0.05, 0) is 81.2 Å². The Morgan fingerprint density at radius 1 is 1.11 bits per heavy atom. The summed E-state index contributed by atoms with van der Waals surface area (Å²) in [5, 5.41) is 2.24. The zero-order valence-electron chi connectivity index (χ0n) is 26.1. The average molecular weight is 642 g/mol. The standard InChI is InChI=1S/C34H44FN3O6S/c1-22(2)45(41,42)38-30(39)16-12-24-11-13-26(35)18-25(24)19-33-21-34(33,29-15-14-28(33)44-29)32-37-27(20-43-32)31(40)36-17-7-6-10-23-8-4-3-5-9-23/h11-13,16,18,20,22-23,28-29H,3-10,14-15,17,19,21H2,1-2H3,(H,36,40)(H,38,39). The number of hydrogen-bond acceptors (Lipinski definition) is 7. The van der Waals surface area contributed by atoms with Gasteiger partial charge in [-0.3, -0.25) is 9.59 Å². The van der Waals surface area contributed by atoms with Crippen LogP contribution in [0.5, 0.6) is 0 Å². The lowest BCUT2D eigenvalue weighted by Gasteiger charge is -2.25. The van der Waals surface area contributed by atoms with E-state index >= 15 is 0 Å². The number of sulfonamides is 1. The Bertz CT molecular complexity index is 1560. The molecular weight excluding hydrogens is 597 g/mol. The first-order chi connectivity index (χ1) is 21.5. The van der Waals surface area contributed by atoms with Crippen LogP contribution in [0, 0.1) is 17.2 Å². The number of unbranched alkanes of at least 4 members (excludes halogenated alkanes) is 1. The topological polar surface area (TPSA) is 128 Å². The Morgan fingerprint density at radius 2 is 1.89 bits per heavy atom. The lowest BCUT2D eigenvalue weighted by Crippen LogP contribution is -2.34. The highest BCUT2D eigenvalue weighted by Crippen LogP contribution is 2.78. The van der Waals surface area contributed by atoms with Gasteiger partial charge >= 0.3 is 0 Å². The summed E-state index contributed by atoms with van der Waals surface area (Å²) >= 11 is 0. The highest BCUT2D eigenvalue weighted by atomic mass is 32.2. The Kier molecular flexibility index (Phi) is 8.95. The molecule has 2 amide bonds. The van der Waals surface area contributed by atoms with Crippen molar-refractivity contribution >= 4 is 27.9 Å². The van der Waals surface area contributed by atoms with Gasteiger partial charge in [-0.1, -0.05) is 51.0 Å². The maximum Gasteiger partial charge on any atom is 0.273 e. The molecule has 6 rings (SSSR count). The van der Waals surface area contributed by atoms with E-state index in [1.54, 1.807) is 6.07 Å². The summed E-state index contributed by atoms with van der Waals surface area (Å²) in [5.41, 5.74) is 0.661. The zero-order valence-corrected chi connectivity index (χ0v) is 27.0. The number of hydrogen-bond donors (Lipinski definition) is 2. The summed E-state index contributed by atoms with van der Waals surface area (Å²) in [6.45, 7) is 3.57. The van der Waals surface area contributed by atoms with E-state index in [9.17, 15) is 22.4 Å². The van der Waals surface area contributed by atoms with E-state index in [1.165, 1.54) is 76.8 Å². The van der Waals surface area contributed by atoms with Gasteiger partial charge in [0.1, 0.15) is 12.1 Å². The largest absolute Gasteiger partial charge is 0.447 e. The Morgan fingerprint density at radius 3 is 2.67 bits per heavy atom. The number of carbonyl (C=O) groups is 2. The molecule has 3 heterocycles. The summed E-state index contributed by atoms with van der Waals surface area (Å²) in [6.07, 6.45) is 16.9. The lowest BCUT2D eigenvalue weighted by atomic mass is 9.75. The quantitative estimate of drug-likeness (QED) is 0.216. The van der Waals surface area contributed by atoms with E-state index in [-0.39, 0.29) is 29.2 Å². The van der Waals surface area contributed by atoms with E-state index in [0.29, 0.717) is 30.0 Å². The smallest absolute Gasteiger partial charge is 0.273 e. The molecule has 4 unspecified atom stereocenters. The number of carbonyl (C=O) groups excluding carboxylic acids is 2. The molecule has 2 saturated carbocycles. The van der Waals surface area contributed by atoms with E-state index in [2.05, 4.69) is 10.3 Å². The minimum Gasteiger partial charge on any atom is -0.447 e. The van der Waals surface area contributed by atoms with Gasteiger partial charge in [0, 0.05) is 18.0 Å². The van der Waals surface area contributed by atoms with Crippen molar-refractivity contribution in [1.82, 2.24) is 15.0 Å². The van der Waals surface area contributed by atoms with Gasteiger partial charge in [-0.15, -0.1) is 0 Å². The van der Waals surface area contributed by atoms with Gasteiger partial charge in [0.05, 0.1) is 22.9 Å². The molecule has 2 N–H and O–H groups in total. The lowest BCUT2D eigenvalue weighted by molar-refractivity contribution is -0.114. The van der Waals surface area contributed by atoms with Gasteiger partial charge in [0.15, 0.2) is 5.69 Å². The van der Waals surface area contributed by atoms with Crippen LogP contribution >= 0.6 is 0 Å². The monoisotopic (exact) mass is 641 g/mol. The van der Waals surface area contributed by atoms with Crippen LogP contribution in [0.15, 0.2) is 35.0 Å². The van der Waals surface area contributed by atoms with Gasteiger partial charge in [-0.25, -0.2) is 22.5 Å². The van der Waals surface area contributed by atoms with E-state index < -0.39 is 32.4 Å². The number of nitrogens with zero attached hydrogens (tertiary/aromatic N) is 1. The number of aromatic nitrogens is 1. The van der Waals surface area contributed by atoms with Crippen LogP contribution in [0.2, 0.25) is 0 Å². The maximum atomic E-state index is 14.5. The fraction of sp³-hybridized carbons (Fsp3) is 0.618. The summed E-state index contributed by atoms with van der Waals surface area (Å²) in [7, 11) is -3.78. The molecule has 2 aliphatic carbocycles. The zero-order chi connectivity index (χ0) is 31.8. The number of halogens is 1. The molecule has 2 aliphatic heterocycles. The highest BCUT2D eigenvalue weighted by Gasteiger charge is 2.83. The van der Waals surface area contributed by atoms with Crippen LogP contribution < -0.4 is 10.0 Å². The van der Waals surface area contributed by atoms with Crippen molar-refractivity contribution in [1.29, 1.82) is 0 Å². The fourth-order valence-corrected chi connectivity index (χ4v) is 8.64. The molecule has 4 atom stereocenters. The van der Waals surface area contributed by atoms with E-state index in [4.69, 9.17) is 9.15 Å².